The van der Waals surface area contributed by atoms with E-state index in [1.54, 1.807) is 12.1 Å². The number of nitrogens with zero attached hydrogens (tertiary/aromatic N) is 2. The van der Waals surface area contributed by atoms with Crippen LogP contribution in [0.2, 0.25) is 5.02 Å². The summed E-state index contributed by atoms with van der Waals surface area (Å²) in [6.45, 7) is -0.254. The summed E-state index contributed by atoms with van der Waals surface area (Å²) in [5.41, 5.74) is 6.05. The Bertz CT molecular complexity index is 477. The SMILES string of the molecule is CN(CCC(F)(F)F)c1cccc(Cl)c1C(N)=NO. The molecule has 0 radical (unpaired) electrons. The fourth-order valence-corrected chi connectivity index (χ4v) is 1.82. The minimum absolute atomic E-state index is 0.201. The lowest BCUT2D eigenvalue weighted by molar-refractivity contribution is -0.132. The highest BCUT2D eigenvalue weighted by Gasteiger charge is 2.27. The van der Waals surface area contributed by atoms with Crippen LogP contribution in [0.1, 0.15) is 12.0 Å². The molecule has 0 aromatic heterocycles. The molecular weight excluding hydrogens is 283 g/mol. The van der Waals surface area contributed by atoms with Crippen molar-refractivity contribution < 1.29 is 18.4 Å². The first kappa shape index (κ1) is 15.4. The van der Waals surface area contributed by atoms with E-state index < -0.39 is 12.6 Å². The maximum atomic E-state index is 12.2. The van der Waals surface area contributed by atoms with E-state index in [1.807, 2.05) is 0 Å². The zero-order valence-electron chi connectivity index (χ0n) is 10.1. The zero-order valence-corrected chi connectivity index (χ0v) is 10.8. The van der Waals surface area contributed by atoms with Gasteiger partial charge in [-0.1, -0.05) is 22.8 Å². The Kier molecular flexibility index (Phi) is 4.88. The number of benzene rings is 1. The van der Waals surface area contributed by atoms with Gasteiger partial charge in [-0.15, -0.1) is 0 Å². The second-order valence-electron chi connectivity index (χ2n) is 3.91. The van der Waals surface area contributed by atoms with E-state index in [1.165, 1.54) is 18.0 Å². The summed E-state index contributed by atoms with van der Waals surface area (Å²) in [7, 11) is 1.48. The van der Waals surface area contributed by atoms with Crippen molar-refractivity contribution in [1.82, 2.24) is 0 Å². The molecule has 19 heavy (non-hydrogen) atoms. The molecule has 0 aliphatic carbocycles. The quantitative estimate of drug-likeness (QED) is 0.389. The minimum Gasteiger partial charge on any atom is -0.409 e. The van der Waals surface area contributed by atoms with Gasteiger partial charge in [0, 0.05) is 19.3 Å². The van der Waals surface area contributed by atoms with Gasteiger partial charge in [0.05, 0.1) is 17.0 Å². The lowest BCUT2D eigenvalue weighted by Gasteiger charge is -2.23. The Morgan fingerprint density at radius 1 is 1.47 bits per heavy atom. The Labute approximate surface area is 113 Å². The number of amidine groups is 1. The molecule has 0 saturated heterocycles. The van der Waals surface area contributed by atoms with Crippen LogP contribution in [0.5, 0.6) is 0 Å². The highest BCUT2D eigenvalue weighted by molar-refractivity contribution is 6.34. The summed E-state index contributed by atoms with van der Waals surface area (Å²) in [6.07, 6.45) is -5.21. The molecule has 3 N–H and O–H groups in total. The molecule has 1 aromatic rings. The minimum atomic E-state index is -4.25. The van der Waals surface area contributed by atoms with Gasteiger partial charge in [0.25, 0.3) is 0 Å². The van der Waals surface area contributed by atoms with Gasteiger partial charge in [-0.2, -0.15) is 13.2 Å². The van der Waals surface area contributed by atoms with Crippen molar-refractivity contribution in [3.63, 3.8) is 0 Å². The van der Waals surface area contributed by atoms with Crippen LogP contribution in [0, 0.1) is 0 Å². The standard InChI is InChI=1S/C11H13ClF3N3O/c1-18(6-5-11(13,14)15)8-4-2-3-7(12)9(8)10(16)17-19/h2-4,19H,5-6H2,1H3,(H2,16,17). The second kappa shape index (κ2) is 6.01. The van der Waals surface area contributed by atoms with Crippen LogP contribution in [0.15, 0.2) is 23.4 Å². The summed E-state index contributed by atoms with van der Waals surface area (Å²) in [5.74, 6) is -0.251. The molecule has 1 rings (SSSR count). The molecule has 0 aliphatic heterocycles. The molecule has 0 heterocycles. The maximum Gasteiger partial charge on any atom is 0.390 e. The Balaban J connectivity index is 3.03. The van der Waals surface area contributed by atoms with Crippen molar-refractivity contribution in [1.29, 1.82) is 0 Å². The Hall–Kier alpha value is -1.63. The highest BCUT2D eigenvalue weighted by atomic mass is 35.5. The molecular formula is C11H13ClF3N3O. The number of hydrogen-bond donors (Lipinski definition) is 2. The summed E-state index contributed by atoms with van der Waals surface area (Å²) < 4.78 is 36.6. The van der Waals surface area contributed by atoms with Crippen molar-refractivity contribution in [2.24, 2.45) is 10.9 Å². The summed E-state index contributed by atoms with van der Waals surface area (Å²) in [4.78, 5) is 1.35. The predicted octanol–water partition coefficient (Wildman–Crippen LogP) is 2.82. The van der Waals surface area contributed by atoms with E-state index in [2.05, 4.69) is 5.16 Å². The molecule has 0 atom stereocenters. The lowest BCUT2D eigenvalue weighted by Crippen LogP contribution is -2.27. The van der Waals surface area contributed by atoms with Crippen molar-refractivity contribution in [3.8, 4) is 0 Å². The molecule has 0 saturated carbocycles. The van der Waals surface area contributed by atoms with Crippen LogP contribution in [0.25, 0.3) is 0 Å². The molecule has 1 aromatic carbocycles. The number of nitrogens with two attached hydrogens (primary N) is 1. The third-order valence-corrected chi connectivity index (χ3v) is 2.81. The van der Waals surface area contributed by atoms with Gasteiger partial charge in [0.1, 0.15) is 0 Å². The third kappa shape index (κ3) is 4.20. The predicted molar refractivity (Wildman–Crippen MR) is 67.9 cm³/mol. The number of anilines is 1. The molecule has 0 bridgehead atoms. The maximum absolute atomic E-state index is 12.2. The first-order valence-electron chi connectivity index (χ1n) is 5.30. The van der Waals surface area contributed by atoms with E-state index in [9.17, 15) is 13.2 Å². The van der Waals surface area contributed by atoms with Crippen LogP contribution in [-0.4, -0.2) is 30.8 Å². The average Bonchev–Trinajstić information content (AvgIpc) is 2.33. The fourth-order valence-electron chi connectivity index (χ4n) is 1.55. The van der Waals surface area contributed by atoms with Gasteiger partial charge in [0.15, 0.2) is 5.84 Å². The molecule has 0 aliphatic rings. The number of halogens is 4. The van der Waals surface area contributed by atoms with E-state index in [0.29, 0.717) is 5.69 Å². The average molecular weight is 296 g/mol. The first-order valence-corrected chi connectivity index (χ1v) is 5.68. The van der Waals surface area contributed by atoms with Crippen LogP contribution < -0.4 is 10.6 Å². The van der Waals surface area contributed by atoms with Crippen molar-refractivity contribution in [3.05, 3.63) is 28.8 Å². The number of hydrogen-bond acceptors (Lipinski definition) is 3. The fraction of sp³-hybridized carbons (Fsp3) is 0.364. The molecule has 0 amide bonds. The molecule has 106 valence electrons. The van der Waals surface area contributed by atoms with Crippen molar-refractivity contribution >= 4 is 23.1 Å². The smallest absolute Gasteiger partial charge is 0.390 e. The third-order valence-electron chi connectivity index (χ3n) is 2.50. The molecule has 0 spiro atoms. The van der Waals surface area contributed by atoms with Crippen LogP contribution >= 0.6 is 11.6 Å². The number of alkyl halides is 3. The van der Waals surface area contributed by atoms with Gasteiger partial charge < -0.3 is 15.8 Å². The summed E-state index contributed by atoms with van der Waals surface area (Å²) in [5, 5.41) is 11.7. The topological polar surface area (TPSA) is 61.8 Å². The summed E-state index contributed by atoms with van der Waals surface area (Å²) >= 11 is 5.92. The van der Waals surface area contributed by atoms with Crippen LogP contribution in [0.3, 0.4) is 0 Å². The molecule has 8 heteroatoms. The van der Waals surface area contributed by atoms with E-state index in [0.717, 1.165) is 0 Å². The van der Waals surface area contributed by atoms with Crippen molar-refractivity contribution in [2.45, 2.75) is 12.6 Å². The molecule has 0 fully saturated rings. The second-order valence-corrected chi connectivity index (χ2v) is 4.31. The molecule has 4 nitrogen and oxygen atoms in total. The number of oxime groups is 1. The monoisotopic (exact) mass is 295 g/mol. The van der Waals surface area contributed by atoms with Crippen LogP contribution in [-0.2, 0) is 0 Å². The van der Waals surface area contributed by atoms with E-state index in [4.69, 9.17) is 22.5 Å². The highest BCUT2D eigenvalue weighted by Crippen LogP contribution is 2.28. The summed E-state index contributed by atoms with van der Waals surface area (Å²) in [6, 6.07) is 4.64. The van der Waals surface area contributed by atoms with E-state index >= 15 is 0 Å². The largest absolute Gasteiger partial charge is 0.409 e. The Morgan fingerprint density at radius 2 is 2.11 bits per heavy atom. The van der Waals surface area contributed by atoms with E-state index in [-0.39, 0.29) is 23.0 Å². The normalized spacial score (nSPS) is 12.6. The Morgan fingerprint density at radius 3 is 2.63 bits per heavy atom. The molecule has 0 unspecified atom stereocenters. The first-order chi connectivity index (χ1) is 8.76. The van der Waals surface area contributed by atoms with Gasteiger partial charge >= 0.3 is 6.18 Å². The lowest BCUT2D eigenvalue weighted by atomic mass is 10.1. The van der Waals surface area contributed by atoms with Crippen LogP contribution in [0.4, 0.5) is 18.9 Å². The zero-order chi connectivity index (χ0) is 14.6. The van der Waals surface area contributed by atoms with Gasteiger partial charge in [0.2, 0.25) is 0 Å². The number of rotatable bonds is 4. The van der Waals surface area contributed by atoms with Gasteiger partial charge in [-0.25, -0.2) is 0 Å². The van der Waals surface area contributed by atoms with Crippen molar-refractivity contribution in [2.75, 3.05) is 18.5 Å². The van der Waals surface area contributed by atoms with Gasteiger partial charge in [-0.3, -0.25) is 0 Å². The van der Waals surface area contributed by atoms with Gasteiger partial charge in [-0.05, 0) is 12.1 Å².